The van der Waals surface area contributed by atoms with Gasteiger partial charge in [0.15, 0.2) is 12.6 Å². The van der Waals surface area contributed by atoms with Crippen LogP contribution in [-0.4, -0.2) is 126 Å². The van der Waals surface area contributed by atoms with Gasteiger partial charge in [-0.05, 0) is 72.9 Å². The number of nitrogens with zero attached hydrogens (tertiary/aromatic N) is 1. The first-order valence-electron chi connectivity index (χ1n) is 18.1. The predicted octanol–water partition coefficient (Wildman–Crippen LogP) is 3.56. The van der Waals surface area contributed by atoms with Crippen molar-refractivity contribution in [3.05, 3.63) is 0 Å². The highest BCUT2D eigenvalue weighted by atomic mass is 16.7. The van der Waals surface area contributed by atoms with Crippen molar-refractivity contribution in [3.8, 4) is 0 Å². The Bertz CT molecular complexity index is 1120. The normalized spacial score (nSPS) is 47.8. The van der Waals surface area contributed by atoms with Crippen molar-refractivity contribution >= 4 is 11.8 Å². The summed E-state index contributed by atoms with van der Waals surface area (Å²) in [7, 11) is 5.34. The molecule has 16 atom stereocenters. The number of hydrogen-bond donors (Lipinski definition) is 3. The van der Waals surface area contributed by atoms with Crippen molar-refractivity contribution < 1.29 is 53.3 Å². The molecule has 3 saturated heterocycles. The van der Waals surface area contributed by atoms with Crippen LogP contribution in [0.25, 0.3) is 0 Å². The van der Waals surface area contributed by atoms with E-state index in [0.29, 0.717) is 12.8 Å². The van der Waals surface area contributed by atoms with E-state index in [9.17, 15) is 24.9 Å². The summed E-state index contributed by atoms with van der Waals surface area (Å²) in [5, 5.41) is 33.8. The molecule has 0 aromatic heterocycles. The Morgan fingerprint density at radius 1 is 0.878 bits per heavy atom. The Balaban J connectivity index is 2.16. The summed E-state index contributed by atoms with van der Waals surface area (Å²) >= 11 is 0. The second-order valence-corrected chi connectivity index (χ2v) is 16.9. The van der Waals surface area contributed by atoms with Crippen LogP contribution in [0.15, 0.2) is 0 Å². The molecule has 0 saturated carbocycles. The molecule has 286 valence electrons. The molecule has 0 radical (unpaired) electrons. The lowest BCUT2D eigenvalue weighted by molar-refractivity contribution is -0.312. The van der Waals surface area contributed by atoms with Crippen LogP contribution in [0, 0.1) is 35.0 Å². The number of ether oxygens (including phenoxy) is 6. The molecule has 0 bridgehead atoms. The predicted molar refractivity (Wildman–Crippen MR) is 183 cm³/mol. The van der Waals surface area contributed by atoms with Crippen molar-refractivity contribution in [3.63, 3.8) is 0 Å². The number of carbonyl (C=O) groups is 2. The largest absolute Gasteiger partial charge is 0.462 e. The van der Waals surface area contributed by atoms with Gasteiger partial charge in [0.2, 0.25) is 0 Å². The highest BCUT2D eigenvalue weighted by molar-refractivity contribution is 5.83. The number of aliphatic hydroxyl groups is 3. The minimum absolute atomic E-state index is 0.109. The maximum absolute atomic E-state index is 13.8. The first-order valence-corrected chi connectivity index (χ1v) is 18.1. The van der Waals surface area contributed by atoms with Gasteiger partial charge in [-0.25, -0.2) is 0 Å². The van der Waals surface area contributed by atoms with E-state index in [0.717, 1.165) is 0 Å². The fraction of sp³-hybridized carbons (Fsp3) is 0.946. The minimum atomic E-state index is -1.89. The molecular formula is C37H67NO11. The summed E-state index contributed by atoms with van der Waals surface area (Å²) in [5.74, 6) is -3.78. The smallest absolute Gasteiger partial charge is 0.311 e. The Hall–Kier alpha value is -1.22. The fourth-order valence-electron chi connectivity index (χ4n) is 8.14. The molecule has 0 aromatic carbocycles. The number of hydrogen-bond acceptors (Lipinski definition) is 12. The number of likely N-dealkylation sites (N-methyl/N-ethyl adjacent to an activating group) is 1. The number of rotatable bonds is 6. The van der Waals surface area contributed by atoms with Gasteiger partial charge in [0.25, 0.3) is 0 Å². The van der Waals surface area contributed by atoms with E-state index in [1.54, 1.807) is 27.9 Å². The quantitative estimate of drug-likeness (QED) is 0.347. The van der Waals surface area contributed by atoms with Crippen LogP contribution < -0.4 is 0 Å². The molecular weight excluding hydrogens is 634 g/mol. The van der Waals surface area contributed by atoms with Crippen LogP contribution in [0.5, 0.6) is 0 Å². The third-order valence-electron chi connectivity index (χ3n) is 12.1. The number of ketones is 1. The summed E-state index contributed by atoms with van der Waals surface area (Å²) < 4.78 is 38.1. The van der Waals surface area contributed by atoms with E-state index in [-0.39, 0.29) is 41.8 Å². The molecule has 3 aliphatic rings. The first-order chi connectivity index (χ1) is 22.5. The maximum atomic E-state index is 13.8. The highest BCUT2D eigenvalue weighted by Crippen LogP contribution is 2.44. The molecule has 0 amide bonds. The van der Waals surface area contributed by atoms with E-state index < -0.39 is 84.4 Å². The van der Waals surface area contributed by atoms with Crippen molar-refractivity contribution in [2.75, 3.05) is 27.8 Å². The molecule has 0 aromatic rings. The van der Waals surface area contributed by atoms with Gasteiger partial charge in [-0.15, -0.1) is 0 Å². The zero-order valence-electron chi connectivity index (χ0n) is 32.5. The Labute approximate surface area is 294 Å². The van der Waals surface area contributed by atoms with Crippen LogP contribution in [0.4, 0.5) is 0 Å². The Morgan fingerprint density at radius 3 is 2.04 bits per heavy atom. The average Bonchev–Trinajstić information content (AvgIpc) is 3.02. The molecule has 49 heavy (non-hydrogen) atoms. The molecule has 3 heterocycles. The number of esters is 1. The van der Waals surface area contributed by atoms with Gasteiger partial charge in [-0.2, -0.15) is 0 Å². The molecule has 12 nitrogen and oxygen atoms in total. The standard InChI is InChI=1S/C37H67NO11/c1-19-16-37(11,44-14)32(49-34-29(40)26(38(12)13)15-20(2)46-34)22(4)30(48-27-17-35(8,9)24(6)25(7)47-27)23(5)33(42)45-18-36(10,43)31(41)21(3)28(19)39/h19-27,29-32,34,40-41,43H,15-18H2,1-14H3. The molecule has 3 fully saturated rings. The number of methoxy groups -OCH3 is 1. The van der Waals surface area contributed by atoms with Gasteiger partial charge in [0.1, 0.15) is 24.1 Å². The molecule has 3 N–H and O–H groups in total. The van der Waals surface area contributed by atoms with Crippen LogP contribution in [0.1, 0.15) is 95.4 Å². The van der Waals surface area contributed by atoms with Gasteiger partial charge in [-0.3, -0.25) is 9.59 Å². The van der Waals surface area contributed by atoms with Crippen molar-refractivity contribution in [1.82, 2.24) is 4.90 Å². The lowest BCUT2D eigenvalue weighted by Gasteiger charge is -2.49. The van der Waals surface area contributed by atoms with Crippen molar-refractivity contribution in [2.24, 2.45) is 35.0 Å². The highest BCUT2D eigenvalue weighted by Gasteiger charge is 2.52. The van der Waals surface area contributed by atoms with Gasteiger partial charge < -0.3 is 48.6 Å². The fourth-order valence-corrected chi connectivity index (χ4v) is 8.14. The summed E-state index contributed by atoms with van der Waals surface area (Å²) in [4.78, 5) is 29.5. The van der Waals surface area contributed by atoms with Crippen LogP contribution in [0.2, 0.25) is 0 Å². The molecule has 12 heteroatoms. The maximum Gasteiger partial charge on any atom is 0.311 e. The van der Waals surface area contributed by atoms with Gasteiger partial charge in [0, 0.05) is 37.3 Å². The minimum Gasteiger partial charge on any atom is -0.462 e. The molecule has 0 spiro atoms. The number of aliphatic hydroxyl groups excluding tert-OH is 2. The van der Waals surface area contributed by atoms with Gasteiger partial charge in [0.05, 0.1) is 42.0 Å². The summed E-state index contributed by atoms with van der Waals surface area (Å²) in [6, 6.07) is -0.241. The molecule has 0 aliphatic carbocycles. The number of cyclic esters (lactones) is 1. The van der Waals surface area contributed by atoms with Crippen LogP contribution in [-0.2, 0) is 38.0 Å². The van der Waals surface area contributed by atoms with Gasteiger partial charge >= 0.3 is 5.97 Å². The second kappa shape index (κ2) is 16.2. The zero-order chi connectivity index (χ0) is 37.4. The third-order valence-corrected chi connectivity index (χ3v) is 12.1. The van der Waals surface area contributed by atoms with Crippen LogP contribution in [0.3, 0.4) is 0 Å². The van der Waals surface area contributed by atoms with E-state index in [4.69, 9.17) is 28.4 Å². The molecule has 3 aliphatic heterocycles. The summed E-state index contributed by atoms with van der Waals surface area (Å²) in [5.41, 5.74) is -3.18. The SMILES string of the molecule is COC1(C)CC(C)C(=O)C(C)C(O)C(C)(O)COC(=O)C(C)C(OC2CC(C)(C)C(C)C(C)O2)C(C)C1OC1OC(C)CC(N(C)C)C1O. The lowest BCUT2D eigenvalue weighted by atomic mass is 9.72. The third kappa shape index (κ3) is 9.42. The van der Waals surface area contributed by atoms with Crippen LogP contribution >= 0.6 is 0 Å². The first kappa shape index (κ1) is 42.2. The van der Waals surface area contributed by atoms with Gasteiger partial charge in [-0.1, -0.05) is 41.5 Å². The molecule has 3 rings (SSSR count). The number of carbonyl (C=O) groups excluding carboxylic acids is 2. The Morgan fingerprint density at radius 2 is 1.49 bits per heavy atom. The summed E-state index contributed by atoms with van der Waals surface area (Å²) in [6.07, 6.45) is -4.93. The second-order valence-electron chi connectivity index (χ2n) is 16.9. The monoisotopic (exact) mass is 701 g/mol. The van der Waals surface area contributed by atoms with E-state index in [2.05, 4.69) is 20.8 Å². The van der Waals surface area contributed by atoms with E-state index in [1.165, 1.54) is 6.92 Å². The van der Waals surface area contributed by atoms with E-state index >= 15 is 0 Å². The van der Waals surface area contributed by atoms with E-state index in [1.807, 2.05) is 46.7 Å². The molecule has 16 unspecified atom stereocenters. The Kier molecular flexibility index (Phi) is 14.0. The van der Waals surface area contributed by atoms with Crippen molar-refractivity contribution in [1.29, 1.82) is 0 Å². The zero-order valence-corrected chi connectivity index (χ0v) is 32.5. The lowest BCUT2D eigenvalue weighted by Crippen LogP contribution is -2.60. The number of Topliss-reactive ketones (excluding diaryl/α,β-unsaturated/α-hetero) is 1. The summed E-state index contributed by atoms with van der Waals surface area (Å²) in [6.45, 7) is 20.0. The average molecular weight is 702 g/mol. The van der Waals surface area contributed by atoms with Crippen molar-refractivity contribution in [2.45, 2.75) is 162 Å². The topological polar surface area (TPSA) is 153 Å².